The summed E-state index contributed by atoms with van der Waals surface area (Å²) in [7, 11) is 0. The lowest BCUT2D eigenvalue weighted by Crippen LogP contribution is -2.12. The van der Waals surface area contributed by atoms with Gasteiger partial charge in [-0.2, -0.15) is 0 Å². The van der Waals surface area contributed by atoms with Gasteiger partial charge in [-0.25, -0.2) is 4.79 Å². The molecule has 0 spiro atoms. The molecule has 0 saturated heterocycles. The number of carbonyl (C=O) groups excluding carboxylic acids is 1. The number of aliphatic carboxylic acids is 1. The van der Waals surface area contributed by atoms with Gasteiger partial charge >= 0.3 is 5.97 Å². The van der Waals surface area contributed by atoms with Crippen molar-refractivity contribution >= 4 is 23.6 Å². The van der Waals surface area contributed by atoms with E-state index in [4.69, 9.17) is 9.63 Å². The highest BCUT2D eigenvalue weighted by molar-refractivity contribution is 6.03. The fraction of sp³-hybridized carbons (Fsp3) is 0.0714. The van der Waals surface area contributed by atoms with Crippen molar-refractivity contribution in [2.45, 2.75) is 6.92 Å². The standard InChI is InChI=1S/C14H12N2O4/c1-9-7-12(16-20-9)14(19)15-11-4-2-3-10(8-11)5-6-13(17)18/h2-8H,1H3,(H,15,19)(H,17,18). The van der Waals surface area contributed by atoms with Crippen LogP contribution in [-0.4, -0.2) is 22.1 Å². The van der Waals surface area contributed by atoms with E-state index in [0.29, 0.717) is 17.0 Å². The number of rotatable bonds is 4. The zero-order valence-corrected chi connectivity index (χ0v) is 10.7. The number of benzene rings is 1. The van der Waals surface area contributed by atoms with Gasteiger partial charge in [0.05, 0.1) is 0 Å². The fourth-order valence-corrected chi connectivity index (χ4v) is 1.56. The number of nitrogens with zero attached hydrogens (tertiary/aromatic N) is 1. The first-order chi connectivity index (χ1) is 9.54. The summed E-state index contributed by atoms with van der Waals surface area (Å²) in [4.78, 5) is 22.3. The van der Waals surface area contributed by atoms with Crippen LogP contribution >= 0.6 is 0 Å². The molecule has 20 heavy (non-hydrogen) atoms. The zero-order valence-electron chi connectivity index (χ0n) is 10.7. The fourth-order valence-electron chi connectivity index (χ4n) is 1.56. The van der Waals surface area contributed by atoms with Crippen molar-refractivity contribution in [3.63, 3.8) is 0 Å². The maximum Gasteiger partial charge on any atom is 0.328 e. The van der Waals surface area contributed by atoms with Gasteiger partial charge in [0.2, 0.25) is 0 Å². The van der Waals surface area contributed by atoms with E-state index in [-0.39, 0.29) is 11.6 Å². The summed E-state index contributed by atoms with van der Waals surface area (Å²) in [5.74, 6) is -0.869. The molecule has 0 bridgehead atoms. The largest absolute Gasteiger partial charge is 0.478 e. The Morgan fingerprint density at radius 1 is 1.35 bits per heavy atom. The second-order valence-electron chi connectivity index (χ2n) is 4.07. The lowest BCUT2D eigenvalue weighted by atomic mass is 10.2. The Morgan fingerprint density at radius 2 is 2.15 bits per heavy atom. The van der Waals surface area contributed by atoms with Crippen molar-refractivity contribution in [3.05, 3.63) is 53.4 Å². The maximum absolute atomic E-state index is 11.9. The molecule has 1 heterocycles. The Hall–Kier alpha value is -2.89. The van der Waals surface area contributed by atoms with Crippen molar-refractivity contribution in [2.75, 3.05) is 5.32 Å². The Morgan fingerprint density at radius 3 is 2.80 bits per heavy atom. The van der Waals surface area contributed by atoms with Gasteiger partial charge in [0.1, 0.15) is 5.76 Å². The SMILES string of the molecule is Cc1cc(C(=O)Nc2cccc(C=CC(=O)O)c2)no1. The van der Waals surface area contributed by atoms with Crippen molar-refractivity contribution < 1.29 is 19.2 Å². The molecule has 102 valence electrons. The second-order valence-corrected chi connectivity index (χ2v) is 4.07. The van der Waals surface area contributed by atoms with Crippen LogP contribution < -0.4 is 5.32 Å². The molecular weight excluding hydrogens is 260 g/mol. The van der Waals surface area contributed by atoms with Gasteiger partial charge in [-0.1, -0.05) is 17.3 Å². The summed E-state index contributed by atoms with van der Waals surface area (Å²) < 4.78 is 4.82. The highest BCUT2D eigenvalue weighted by atomic mass is 16.5. The molecule has 0 unspecified atom stereocenters. The molecule has 1 aromatic heterocycles. The molecule has 2 rings (SSSR count). The molecule has 0 radical (unpaired) electrons. The van der Waals surface area contributed by atoms with E-state index in [9.17, 15) is 9.59 Å². The minimum Gasteiger partial charge on any atom is -0.478 e. The number of carbonyl (C=O) groups is 2. The summed E-state index contributed by atoms with van der Waals surface area (Å²) in [5, 5.41) is 14.8. The molecule has 2 aromatic rings. The van der Waals surface area contributed by atoms with Gasteiger partial charge in [-0.05, 0) is 30.7 Å². The third-order valence-electron chi connectivity index (χ3n) is 2.42. The van der Waals surface area contributed by atoms with Crippen LogP contribution in [0, 0.1) is 6.92 Å². The molecule has 1 aromatic carbocycles. The highest BCUT2D eigenvalue weighted by Gasteiger charge is 2.10. The van der Waals surface area contributed by atoms with Crippen molar-refractivity contribution in [1.29, 1.82) is 0 Å². The molecule has 0 fully saturated rings. The number of nitrogens with one attached hydrogen (secondary N) is 1. The summed E-state index contributed by atoms with van der Waals surface area (Å²) in [5.41, 5.74) is 1.40. The molecular formula is C14H12N2O4. The van der Waals surface area contributed by atoms with Crippen molar-refractivity contribution in [2.24, 2.45) is 0 Å². The third-order valence-corrected chi connectivity index (χ3v) is 2.42. The first-order valence-electron chi connectivity index (χ1n) is 5.80. The Bertz CT molecular complexity index is 673. The van der Waals surface area contributed by atoms with Gasteiger partial charge in [0.25, 0.3) is 5.91 Å². The van der Waals surface area contributed by atoms with Gasteiger partial charge in [0.15, 0.2) is 5.69 Å². The maximum atomic E-state index is 11.9. The van der Waals surface area contributed by atoms with E-state index in [1.54, 1.807) is 31.2 Å². The number of aryl methyl sites for hydroxylation is 1. The second kappa shape index (κ2) is 5.83. The third kappa shape index (κ3) is 3.55. The van der Waals surface area contributed by atoms with Gasteiger partial charge in [-0.15, -0.1) is 0 Å². The van der Waals surface area contributed by atoms with E-state index in [0.717, 1.165) is 6.08 Å². The molecule has 6 heteroatoms. The summed E-state index contributed by atoms with van der Waals surface area (Å²) in [6.45, 7) is 1.70. The number of amides is 1. The molecule has 0 aliphatic rings. The number of hydrogen-bond acceptors (Lipinski definition) is 4. The minimum atomic E-state index is -1.03. The van der Waals surface area contributed by atoms with Crippen LogP contribution in [0.2, 0.25) is 0 Å². The van der Waals surface area contributed by atoms with E-state index >= 15 is 0 Å². The minimum absolute atomic E-state index is 0.189. The average molecular weight is 272 g/mol. The van der Waals surface area contributed by atoms with Crippen LogP contribution in [0.4, 0.5) is 5.69 Å². The number of carboxylic acids is 1. The van der Waals surface area contributed by atoms with Gasteiger partial charge < -0.3 is 14.9 Å². The van der Waals surface area contributed by atoms with Crippen LogP contribution in [0.3, 0.4) is 0 Å². The van der Waals surface area contributed by atoms with Crippen LogP contribution in [0.1, 0.15) is 21.8 Å². The predicted molar refractivity (Wildman–Crippen MR) is 72.3 cm³/mol. The van der Waals surface area contributed by atoms with E-state index in [1.807, 2.05) is 0 Å². The summed E-state index contributed by atoms with van der Waals surface area (Å²) >= 11 is 0. The van der Waals surface area contributed by atoms with Crippen LogP contribution in [0.15, 0.2) is 40.9 Å². The molecule has 0 atom stereocenters. The normalized spacial score (nSPS) is 10.7. The number of hydrogen-bond donors (Lipinski definition) is 2. The molecule has 0 saturated carbocycles. The first-order valence-corrected chi connectivity index (χ1v) is 5.80. The Kier molecular flexibility index (Phi) is 3.95. The molecule has 1 amide bonds. The van der Waals surface area contributed by atoms with Gasteiger partial charge in [0, 0.05) is 17.8 Å². The van der Waals surface area contributed by atoms with E-state index < -0.39 is 5.97 Å². The van der Waals surface area contributed by atoms with Crippen molar-refractivity contribution in [1.82, 2.24) is 5.16 Å². The first kappa shape index (κ1) is 13.5. The molecule has 0 aliphatic heterocycles. The van der Waals surface area contributed by atoms with Crippen LogP contribution in [0.5, 0.6) is 0 Å². The van der Waals surface area contributed by atoms with E-state index in [2.05, 4.69) is 10.5 Å². The van der Waals surface area contributed by atoms with E-state index in [1.165, 1.54) is 12.1 Å². The van der Waals surface area contributed by atoms with Crippen LogP contribution in [0.25, 0.3) is 6.08 Å². The smallest absolute Gasteiger partial charge is 0.328 e. The van der Waals surface area contributed by atoms with Gasteiger partial charge in [-0.3, -0.25) is 4.79 Å². The Labute approximate surface area is 114 Å². The number of anilines is 1. The average Bonchev–Trinajstić information content (AvgIpc) is 2.84. The highest BCUT2D eigenvalue weighted by Crippen LogP contribution is 2.13. The predicted octanol–water partition coefficient (Wildman–Crippen LogP) is 2.33. The summed E-state index contributed by atoms with van der Waals surface area (Å²) in [6, 6.07) is 8.33. The zero-order chi connectivity index (χ0) is 14.5. The molecule has 2 N–H and O–H groups in total. The van der Waals surface area contributed by atoms with Crippen LogP contribution in [-0.2, 0) is 4.79 Å². The summed E-state index contributed by atoms with van der Waals surface area (Å²) in [6.07, 6.45) is 2.47. The molecule has 0 aliphatic carbocycles. The topological polar surface area (TPSA) is 92.4 Å². The molecule has 6 nitrogen and oxygen atoms in total. The quantitative estimate of drug-likeness (QED) is 0.833. The lowest BCUT2D eigenvalue weighted by molar-refractivity contribution is -0.131. The number of carboxylic acid groups (broad SMARTS) is 1. The Balaban J connectivity index is 2.11. The van der Waals surface area contributed by atoms with Crippen molar-refractivity contribution in [3.8, 4) is 0 Å². The lowest BCUT2D eigenvalue weighted by Gasteiger charge is -2.03. The monoisotopic (exact) mass is 272 g/mol. The number of aromatic nitrogens is 1.